The van der Waals surface area contributed by atoms with Gasteiger partial charge in [0.05, 0.1) is 0 Å². The van der Waals surface area contributed by atoms with Gasteiger partial charge in [0, 0.05) is 17.1 Å². The van der Waals surface area contributed by atoms with Gasteiger partial charge in [-0.25, -0.2) is 0 Å². The van der Waals surface area contributed by atoms with Crippen LogP contribution in [0.2, 0.25) is 0 Å². The molecule has 0 unspecified atom stereocenters. The minimum Gasteiger partial charge on any atom is -0.483 e. The van der Waals surface area contributed by atoms with E-state index in [1.54, 1.807) is 0 Å². The van der Waals surface area contributed by atoms with Crippen LogP contribution in [0.5, 0.6) is 0 Å². The molecule has 0 saturated carbocycles. The zero-order chi connectivity index (χ0) is 5.41. The fraction of sp³-hybridized carbons (Fsp3) is 0. The molecule has 0 saturated heterocycles. The molecule has 0 heterocycles. The van der Waals surface area contributed by atoms with E-state index in [-0.39, 0.29) is 30.0 Å². The van der Waals surface area contributed by atoms with Gasteiger partial charge in [0.1, 0.15) is 0 Å². The van der Waals surface area contributed by atoms with E-state index in [1.165, 1.54) is 0 Å². The molecule has 0 aromatic carbocycles. The minimum absolute atomic E-state index is 0. The topological polar surface area (TPSA) is 74.6 Å². The van der Waals surface area contributed by atoms with E-state index in [2.05, 4.69) is 0 Å². The molecule has 5 heteroatoms. The van der Waals surface area contributed by atoms with Crippen molar-refractivity contribution in [2.24, 2.45) is 0 Å². The normalized spacial score (nSPS) is 3.43. The Hall–Kier alpha value is -0.541. The van der Waals surface area contributed by atoms with Crippen molar-refractivity contribution in [1.82, 2.24) is 0 Å². The van der Waals surface area contributed by atoms with E-state index in [0.29, 0.717) is 0 Å². The molecule has 0 amide bonds. The predicted molar refractivity (Wildman–Crippen MR) is 17.4 cm³/mol. The Kier molecular flexibility index (Phi) is 117. The predicted octanol–water partition coefficient (Wildman–Crippen LogP) is -0.601. The third-order valence-corrected chi connectivity index (χ3v) is 0. The molecule has 4 nitrogen and oxygen atoms in total. The molecule has 0 bridgehead atoms. The van der Waals surface area contributed by atoms with Crippen LogP contribution >= 0.6 is 0 Å². The smallest absolute Gasteiger partial charge is 0.290 e. The van der Waals surface area contributed by atoms with Gasteiger partial charge >= 0.3 is 0 Å². The molecule has 0 fully saturated rings. The Labute approximate surface area is 50.6 Å². The summed E-state index contributed by atoms with van der Waals surface area (Å²) in [5.74, 6) is 0. The van der Waals surface area contributed by atoms with E-state index < -0.39 is 0 Å². The summed E-state index contributed by atoms with van der Waals surface area (Å²) in [7, 11) is 0. The van der Waals surface area contributed by atoms with Crippen LogP contribution in [0.4, 0.5) is 0 Å². The van der Waals surface area contributed by atoms with E-state index in [1.807, 2.05) is 0 Å². The first-order chi connectivity index (χ1) is 2.83. The first-order valence-electron chi connectivity index (χ1n) is 0.988. The first kappa shape index (κ1) is 16.1. The van der Waals surface area contributed by atoms with E-state index in [9.17, 15) is 0 Å². The average Bonchev–Trinajstić information content (AvgIpc) is 1.39. The largest absolute Gasteiger partial charge is 0.483 e. The molecule has 0 aliphatic carbocycles. The third-order valence-electron chi connectivity index (χ3n) is 0. The summed E-state index contributed by atoms with van der Waals surface area (Å²) >= 11 is 0. The van der Waals surface area contributed by atoms with Gasteiger partial charge in [0.2, 0.25) is 0 Å². The van der Waals surface area contributed by atoms with E-state index >= 15 is 0 Å². The molecule has 0 spiro atoms. The van der Waals surface area contributed by atoms with E-state index in [0.717, 1.165) is 0 Å². The average molecular weight is 147 g/mol. The van der Waals surface area contributed by atoms with Crippen molar-refractivity contribution in [3.05, 3.63) is 0 Å². The van der Waals surface area contributed by atoms with Crippen molar-refractivity contribution >= 4 is 12.9 Å². The van der Waals surface area contributed by atoms with Crippen LogP contribution in [0.25, 0.3) is 0 Å². The standard InChI is InChI=1S/2CH2O2.Mn/c2*2-1-3;/h2*1H,(H,2,3);. The minimum atomic E-state index is -0.250. The number of carboxylic acid groups (broad SMARTS) is 2. The summed E-state index contributed by atoms with van der Waals surface area (Å²) in [4.78, 5) is 16.7. The van der Waals surface area contributed by atoms with Crippen molar-refractivity contribution in [1.29, 1.82) is 0 Å². The summed E-state index contributed by atoms with van der Waals surface area (Å²) in [6.07, 6.45) is 0. The number of rotatable bonds is 0. The quantitative estimate of drug-likeness (QED) is 0.354. The Bertz CT molecular complexity index is 30.7. The molecule has 0 aromatic rings. The van der Waals surface area contributed by atoms with Crippen LogP contribution in [0.3, 0.4) is 0 Å². The summed E-state index contributed by atoms with van der Waals surface area (Å²) in [6, 6.07) is 0. The number of carbonyl (C=O) groups is 2. The van der Waals surface area contributed by atoms with Crippen molar-refractivity contribution in [2.45, 2.75) is 0 Å². The summed E-state index contributed by atoms with van der Waals surface area (Å²) < 4.78 is 0. The third kappa shape index (κ3) is 224. The molecule has 2 N–H and O–H groups in total. The van der Waals surface area contributed by atoms with Crippen molar-refractivity contribution in [3.8, 4) is 0 Å². The van der Waals surface area contributed by atoms with Gasteiger partial charge < -0.3 is 10.2 Å². The summed E-state index contributed by atoms with van der Waals surface area (Å²) in [6.45, 7) is -0.500. The number of hydrogen-bond donors (Lipinski definition) is 2. The fourth-order valence-electron chi connectivity index (χ4n) is 0. The van der Waals surface area contributed by atoms with Crippen LogP contribution < -0.4 is 0 Å². The van der Waals surface area contributed by atoms with Crippen LogP contribution in [-0.2, 0) is 26.7 Å². The molecule has 0 aliphatic rings. The molecule has 43 valence electrons. The van der Waals surface area contributed by atoms with Crippen LogP contribution in [0.15, 0.2) is 0 Å². The molecule has 1 radical (unpaired) electrons. The van der Waals surface area contributed by atoms with Crippen molar-refractivity contribution < 1.29 is 36.9 Å². The molecule has 7 heavy (non-hydrogen) atoms. The molecule has 0 atom stereocenters. The Morgan fingerprint density at radius 2 is 1.00 bits per heavy atom. The Balaban J connectivity index is -0.0000000400. The van der Waals surface area contributed by atoms with Crippen LogP contribution in [0.1, 0.15) is 0 Å². The zero-order valence-electron chi connectivity index (χ0n) is 3.24. The van der Waals surface area contributed by atoms with Crippen molar-refractivity contribution in [3.63, 3.8) is 0 Å². The van der Waals surface area contributed by atoms with Gasteiger partial charge in [-0.2, -0.15) is 0 Å². The maximum atomic E-state index is 8.36. The van der Waals surface area contributed by atoms with Gasteiger partial charge in [-0.05, 0) is 0 Å². The molecule has 0 aliphatic heterocycles. The van der Waals surface area contributed by atoms with Gasteiger partial charge in [-0.3, -0.25) is 9.59 Å². The van der Waals surface area contributed by atoms with Gasteiger partial charge in [0.15, 0.2) is 0 Å². The van der Waals surface area contributed by atoms with Crippen LogP contribution in [-0.4, -0.2) is 23.2 Å². The second-order valence-electron chi connectivity index (χ2n) is 0.211. The summed E-state index contributed by atoms with van der Waals surface area (Å²) in [5, 5.41) is 13.8. The van der Waals surface area contributed by atoms with Gasteiger partial charge in [-0.1, -0.05) is 0 Å². The fourth-order valence-corrected chi connectivity index (χ4v) is 0. The van der Waals surface area contributed by atoms with E-state index in [4.69, 9.17) is 19.8 Å². The Morgan fingerprint density at radius 3 is 1.00 bits per heavy atom. The molecular weight excluding hydrogens is 143 g/mol. The number of hydrogen-bond acceptors (Lipinski definition) is 2. The molecule has 0 aromatic heterocycles. The maximum absolute atomic E-state index is 8.36. The van der Waals surface area contributed by atoms with Crippen molar-refractivity contribution in [2.75, 3.05) is 0 Å². The van der Waals surface area contributed by atoms with Crippen LogP contribution in [0, 0.1) is 0 Å². The van der Waals surface area contributed by atoms with Gasteiger partial charge in [0.25, 0.3) is 12.9 Å². The SMILES string of the molecule is O=CO.O=CO.[Mn]. The zero-order valence-corrected chi connectivity index (χ0v) is 4.42. The molecule has 0 rings (SSSR count). The van der Waals surface area contributed by atoms with Gasteiger partial charge in [-0.15, -0.1) is 0 Å². The monoisotopic (exact) mass is 147 g/mol. The second kappa shape index (κ2) is 51.0. The Morgan fingerprint density at radius 1 is 1.00 bits per heavy atom. The second-order valence-corrected chi connectivity index (χ2v) is 0.211. The summed E-state index contributed by atoms with van der Waals surface area (Å²) in [5.41, 5.74) is 0. The first-order valence-corrected chi connectivity index (χ1v) is 0.988. The molecular formula is C2H4MnO4. The maximum Gasteiger partial charge on any atom is 0.290 e.